The number of nitrogens with one attached hydrogen (secondary N) is 2. The highest BCUT2D eigenvalue weighted by atomic mass is 19.4. The minimum absolute atomic E-state index is 0.0941. The molecular formula is C21H21F3N10. The molecular weight excluding hydrogens is 449 g/mol. The highest BCUT2D eigenvalue weighted by molar-refractivity contribution is 5.63. The highest BCUT2D eigenvalue weighted by Crippen LogP contribution is 2.27. The number of imidazole rings is 1. The molecule has 10 nitrogen and oxygen atoms in total. The van der Waals surface area contributed by atoms with Gasteiger partial charge in [0.25, 0.3) is 0 Å². The van der Waals surface area contributed by atoms with Crippen molar-refractivity contribution < 1.29 is 13.2 Å². The normalized spacial score (nSPS) is 18.7. The van der Waals surface area contributed by atoms with Crippen molar-refractivity contribution in [2.24, 2.45) is 5.73 Å². The molecule has 1 aliphatic carbocycles. The lowest BCUT2D eigenvalue weighted by atomic mass is 9.92. The molecule has 4 N–H and O–H groups in total. The van der Waals surface area contributed by atoms with Crippen molar-refractivity contribution >= 4 is 23.2 Å². The monoisotopic (exact) mass is 470 g/mol. The van der Waals surface area contributed by atoms with E-state index in [2.05, 4.69) is 40.7 Å². The Kier molecular flexibility index (Phi) is 5.69. The molecule has 1 aliphatic rings. The number of aromatic nitrogens is 7. The first kappa shape index (κ1) is 21.9. The van der Waals surface area contributed by atoms with Gasteiger partial charge in [-0.05, 0) is 37.8 Å². The summed E-state index contributed by atoms with van der Waals surface area (Å²) in [5, 5.41) is 10.9. The van der Waals surface area contributed by atoms with E-state index in [1.54, 1.807) is 23.1 Å². The lowest BCUT2D eigenvalue weighted by molar-refractivity contribution is -0.141. The summed E-state index contributed by atoms with van der Waals surface area (Å²) < 4.78 is 39.6. The molecule has 0 bridgehead atoms. The van der Waals surface area contributed by atoms with Gasteiger partial charge in [-0.2, -0.15) is 13.2 Å². The molecule has 0 aliphatic heterocycles. The first-order chi connectivity index (χ1) is 16.3. The van der Waals surface area contributed by atoms with Crippen LogP contribution < -0.4 is 16.4 Å². The maximum Gasteiger partial charge on any atom is 0.434 e. The summed E-state index contributed by atoms with van der Waals surface area (Å²) in [6, 6.07) is 4.39. The summed E-state index contributed by atoms with van der Waals surface area (Å²) >= 11 is 0. The fourth-order valence-electron chi connectivity index (χ4n) is 3.80. The molecule has 0 aromatic carbocycles. The maximum atomic E-state index is 12.6. The number of rotatable bonds is 5. The van der Waals surface area contributed by atoms with Crippen LogP contribution in [0.3, 0.4) is 0 Å². The van der Waals surface area contributed by atoms with E-state index < -0.39 is 11.9 Å². The Balaban J connectivity index is 1.31. The third-order valence-electron chi connectivity index (χ3n) is 5.62. The average molecular weight is 470 g/mol. The molecule has 0 unspecified atom stereocenters. The third kappa shape index (κ3) is 4.73. The fourth-order valence-corrected chi connectivity index (χ4v) is 3.80. The molecule has 1 saturated carbocycles. The van der Waals surface area contributed by atoms with Crippen LogP contribution in [0, 0.1) is 0 Å². The third-order valence-corrected chi connectivity index (χ3v) is 5.62. The number of halogens is 3. The molecule has 176 valence electrons. The molecule has 13 heteroatoms. The molecule has 5 rings (SSSR count). The molecule has 0 saturated heterocycles. The summed E-state index contributed by atoms with van der Waals surface area (Å²) in [6.45, 7) is 0. The number of hydrogen-bond donors (Lipinski definition) is 3. The zero-order chi connectivity index (χ0) is 23.7. The zero-order valence-electron chi connectivity index (χ0n) is 17.9. The van der Waals surface area contributed by atoms with E-state index in [-0.39, 0.29) is 17.8 Å². The van der Waals surface area contributed by atoms with Crippen LogP contribution >= 0.6 is 0 Å². The van der Waals surface area contributed by atoms with Gasteiger partial charge in [0.05, 0.1) is 24.3 Å². The van der Waals surface area contributed by atoms with Gasteiger partial charge >= 0.3 is 6.18 Å². The Hall–Kier alpha value is -3.87. The van der Waals surface area contributed by atoms with E-state index in [1.165, 1.54) is 0 Å². The molecule has 1 fully saturated rings. The Morgan fingerprint density at radius 2 is 1.62 bits per heavy atom. The van der Waals surface area contributed by atoms with E-state index in [4.69, 9.17) is 5.73 Å². The van der Waals surface area contributed by atoms with Gasteiger partial charge in [0, 0.05) is 30.0 Å². The number of alkyl halides is 3. The van der Waals surface area contributed by atoms with Crippen molar-refractivity contribution in [3.63, 3.8) is 0 Å². The summed E-state index contributed by atoms with van der Waals surface area (Å²) in [6.07, 6.45) is 5.88. The van der Waals surface area contributed by atoms with Crippen molar-refractivity contribution in [3.05, 3.63) is 48.8 Å². The van der Waals surface area contributed by atoms with Gasteiger partial charge in [-0.1, -0.05) is 0 Å². The number of fused-ring (bicyclic) bond motifs is 1. The first-order valence-electron chi connectivity index (χ1n) is 10.7. The quantitative estimate of drug-likeness (QED) is 0.401. The fraction of sp³-hybridized carbons (Fsp3) is 0.333. The Morgan fingerprint density at radius 3 is 2.29 bits per heavy atom. The summed E-state index contributed by atoms with van der Waals surface area (Å²) in [5.74, 6) is 1.00. The number of anilines is 3. The van der Waals surface area contributed by atoms with Crippen LogP contribution in [0.1, 0.15) is 31.4 Å². The van der Waals surface area contributed by atoms with Crippen LogP contribution in [-0.4, -0.2) is 46.6 Å². The van der Waals surface area contributed by atoms with Crippen LogP contribution in [0.15, 0.2) is 43.1 Å². The molecule has 0 amide bonds. The van der Waals surface area contributed by atoms with E-state index in [9.17, 15) is 13.2 Å². The number of nitrogens with two attached hydrogens (primary N) is 1. The highest BCUT2D eigenvalue weighted by Gasteiger charge is 2.32. The topological polar surface area (TPSA) is 132 Å². The summed E-state index contributed by atoms with van der Waals surface area (Å²) in [7, 11) is 0. The molecule has 0 atom stereocenters. The van der Waals surface area contributed by atoms with Crippen LogP contribution in [0.5, 0.6) is 0 Å². The van der Waals surface area contributed by atoms with Crippen molar-refractivity contribution in [2.75, 3.05) is 10.6 Å². The largest absolute Gasteiger partial charge is 0.434 e. The van der Waals surface area contributed by atoms with Crippen molar-refractivity contribution in [2.45, 2.75) is 43.9 Å². The van der Waals surface area contributed by atoms with E-state index >= 15 is 0 Å². The second-order valence-electron chi connectivity index (χ2n) is 8.09. The Labute approximate surface area is 191 Å². The van der Waals surface area contributed by atoms with E-state index in [0.29, 0.717) is 29.1 Å². The first-order valence-corrected chi connectivity index (χ1v) is 10.7. The van der Waals surface area contributed by atoms with Crippen LogP contribution in [0.4, 0.5) is 30.8 Å². The lowest BCUT2D eigenvalue weighted by Gasteiger charge is -2.27. The van der Waals surface area contributed by atoms with Gasteiger partial charge in [-0.25, -0.2) is 29.4 Å². The summed E-state index contributed by atoms with van der Waals surface area (Å²) in [4.78, 5) is 19.9. The predicted molar refractivity (Wildman–Crippen MR) is 118 cm³/mol. The van der Waals surface area contributed by atoms with Crippen molar-refractivity contribution in [1.82, 2.24) is 34.5 Å². The smallest absolute Gasteiger partial charge is 0.366 e. The second-order valence-corrected chi connectivity index (χ2v) is 8.09. The lowest BCUT2D eigenvalue weighted by Crippen LogP contribution is -2.33. The Bertz CT molecular complexity index is 1260. The van der Waals surface area contributed by atoms with Gasteiger partial charge in [0.1, 0.15) is 5.82 Å². The van der Waals surface area contributed by atoms with Gasteiger partial charge < -0.3 is 16.4 Å². The number of nitrogens with zero attached hydrogens (tertiary/aromatic N) is 7. The minimum Gasteiger partial charge on any atom is -0.366 e. The molecule has 34 heavy (non-hydrogen) atoms. The summed E-state index contributed by atoms with van der Waals surface area (Å²) in [5.41, 5.74) is 6.96. The predicted octanol–water partition coefficient (Wildman–Crippen LogP) is 3.42. The average Bonchev–Trinajstić information content (AvgIpc) is 3.24. The molecule has 0 spiro atoms. The van der Waals surface area contributed by atoms with E-state index in [1.807, 2.05) is 12.1 Å². The molecule has 4 heterocycles. The molecule has 4 aromatic rings. The van der Waals surface area contributed by atoms with Gasteiger partial charge in [0.2, 0.25) is 5.95 Å². The SMILES string of the molecule is N[C@H]1CC[C@H](Nc2ccc3ncc(-c4cnc(Nc5cnc(C(F)(F)F)cn5)nc4)n3n2)CC1. The van der Waals surface area contributed by atoms with Gasteiger partial charge in [-0.15, -0.1) is 5.10 Å². The second kappa shape index (κ2) is 8.82. The van der Waals surface area contributed by atoms with Gasteiger partial charge in [-0.3, -0.25) is 0 Å². The van der Waals surface area contributed by atoms with E-state index in [0.717, 1.165) is 37.7 Å². The Morgan fingerprint density at radius 1 is 0.853 bits per heavy atom. The minimum atomic E-state index is -4.55. The maximum absolute atomic E-state index is 12.6. The van der Waals surface area contributed by atoms with Crippen LogP contribution in [-0.2, 0) is 6.18 Å². The van der Waals surface area contributed by atoms with Crippen LogP contribution in [0.2, 0.25) is 0 Å². The standard InChI is InChI=1S/C21H21F3N10/c22-21(23,24)16-10-27-18(11-26-16)32-20-29-7-12(8-30-20)15-9-28-19-6-5-17(33-34(15)19)31-14-3-1-13(25)2-4-14/h5-11,13-14H,1-4,25H2,(H,31,33)(H,27,29,30,32)/t13-,14-. The number of hydrogen-bond acceptors (Lipinski definition) is 9. The molecule has 4 aromatic heterocycles. The van der Waals surface area contributed by atoms with Crippen molar-refractivity contribution in [3.8, 4) is 11.3 Å². The van der Waals surface area contributed by atoms with Crippen LogP contribution in [0.25, 0.3) is 16.9 Å². The van der Waals surface area contributed by atoms with Crippen molar-refractivity contribution in [1.29, 1.82) is 0 Å². The molecule has 0 radical (unpaired) electrons. The zero-order valence-corrected chi connectivity index (χ0v) is 17.9. The van der Waals surface area contributed by atoms with Gasteiger partial charge in [0.15, 0.2) is 17.2 Å².